The van der Waals surface area contributed by atoms with Gasteiger partial charge < -0.3 is 10.1 Å². The Labute approximate surface area is 138 Å². The molecular formula is C17H19FINO. The van der Waals surface area contributed by atoms with Crippen LogP contribution in [0.5, 0.6) is 5.75 Å². The molecule has 2 nitrogen and oxygen atoms in total. The molecule has 2 rings (SSSR count). The summed E-state index contributed by atoms with van der Waals surface area (Å²) in [7, 11) is 1.54. The number of nitrogens with one attached hydrogen (secondary N) is 1. The summed E-state index contributed by atoms with van der Waals surface area (Å²) in [6.45, 7) is 4.86. The molecule has 0 bridgehead atoms. The summed E-state index contributed by atoms with van der Waals surface area (Å²) < 4.78 is 20.6. The third-order valence-electron chi connectivity index (χ3n) is 3.46. The molecule has 0 aromatic heterocycles. The van der Waals surface area contributed by atoms with Crippen molar-refractivity contribution >= 4 is 22.6 Å². The molecule has 2 aromatic carbocycles. The van der Waals surface area contributed by atoms with Crippen LogP contribution in [0.4, 0.5) is 4.39 Å². The van der Waals surface area contributed by atoms with Crippen LogP contribution < -0.4 is 10.1 Å². The zero-order chi connectivity index (χ0) is 15.4. The van der Waals surface area contributed by atoms with Crippen molar-refractivity contribution in [1.29, 1.82) is 0 Å². The van der Waals surface area contributed by atoms with Gasteiger partial charge in [0.2, 0.25) is 0 Å². The van der Waals surface area contributed by atoms with Crippen molar-refractivity contribution < 1.29 is 9.13 Å². The molecule has 0 radical (unpaired) electrons. The summed E-state index contributed by atoms with van der Waals surface area (Å²) in [5.74, 6) is 0.281. The Morgan fingerprint density at radius 1 is 1.24 bits per heavy atom. The molecule has 21 heavy (non-hydrogen) atoms. The normalized spacial score (nSPS) is 12.2. The molecule has 0 saturated heterocycles. The number of rotatable bonds is 5. The van der Waals surface area contributed by atoms with Gasteiger partial charge in [-0.1, -0.05) is 31.2 Å². The van der Waals surface area contributed by atoms with Gasteiger partial charge in [0.25, 0.3) is 0 Å². The van der Waals surface area contributed by atoms with Crippen LogP contribution in [0, 0.1) is 16.3 Å². The number of ether oxygens (including phenoxy) is 1. The molecule has 0 spiro atoms. The van der Waals surface area contributed by atoms with Gasteiger partial charge in [-0.2, -0.15) is 0 Å². The summed E-state index contributed by atoms with van der Waals surface area (Å²) in [4.78, 5) is 0. The van der Waals surface area contributed by atoms with E-state index in [0.717, 1.165) is 15.7 Å². The van der Waals surface area contributed by atoms with E-state index in [0.29, 0.717) is 11.3 Å². The minimum Gasteiger partial charge on any atom is -0.497 e. The number of halogens is 2. The Morgan fingerprint density at radius 2 is 2.00 bits per heavy atom. The van der Waals surface area contributed by atoms with E-state index < -0.39 is 0 Å². The van der Waals surface area contributed by atoms with Crippen LogP contribution in [0.2, 0.25) is 0 Å². The molecule has 2 aromatic rings. The highest BCUT2D eigenvalue weighted by molar-refractivity contribution is 14.1. The van der Waals surface area contributed by atoms with Gasteiger partial charge in [0.15, 0.2) is 0 Å². The first-order valence-corrected chi connectivity index (χ1v) is 7.98. The molecule has 0 saturated carbocycles. The largest absolute Gasteiger partial charge is 0.497 e. The van der Waals surface area contributed by atoms with Gasteiger partial charge in [-0.3, -0.25) is 0 Å². The lowest BCUT2D eigenvalue weighted by Crippen LogP contribution is -2.24. The SMILES string of the molecule is CCNC(c1ccc(OC)cc1F)c1cccc(C)c1I. The van der Waals surface area contributed by atoms with E-state index in [2.05, 4.69) is 40.9 Å². The van der Waals surface area contributed by atoms with E-state index in [1.54, 1.807) is 19.2 Å². The second-order valence-corrected chi connectivity index (χ2v) is 5.94. The maximum absolute atomic E-state index is 14.4. The topological polar surface area (TPSA) is 21.3 Å². The fourth-order valence-electron chi connectivity index (χ4n) is 2.35. The smallest absolute Gasteiger partial charge is 0.132 e. The van der Waals surface area contributed by atoms with E-state index in [1.165, 1.54) is 11.6 Å². The molecule has 0 aliphatic heterocycles. The van der Waals surface area contributed by atoms with E-state index in [9.17, 15) is 4.39 Å². The van der Waals surface area contributed by atoms with Crippen molar-refractivity contribution in [3.8, 4) is 5.75 Å². The number of methoxy groups -OCH3 is 1. The van der Waals surface area contributed by atoms with Gasteiger partial charge in [-0.25, -0.2) is 4.39 Å². The molecule has 0 fully saturated rings. The number of benzene rings is 2. The molecule has 1 N–H and O–H groups in total. The van der Waals surface area contributed by atoms with E-state index >= 15 is 0 Å². The van der Waals surface area contributed by atoms with Gasteiger partial charge >= 0.3 is 0 Å². The van der Waals surface area contributed by atoms with Crippen molar-refractivity contribution in [3.05, 3.63) is 62.5 Å². The van der Waals surface area contributed by atoms with Crippen LogP contribution in [0.1, 0.15) is 29.7 Å². The van der Waals surface area contributed by atoms with E-state index in [1.807, 2.05) is 19.1 Å². The van der Waals surface area contributed by atoms with Gasteiger partial charge in [0, 0.05) is 15.2 Å². The number of hydrogen-bond acceptors (Lipinski definition) is 2. The van der Waals surface area contributed by atoms with Crippen molar-refractivity contribution in [2.45, 2.75) is 19.9 Å². The van der Waals surface area contributed by atoms with Crippen LogP contribution in [0.3, 0.4) is 0 Å². The summed E-state index contributed by atoms with van der Waals surface area (Å²) >= 11 is 2.33. The Hall–Kier alpha value is -1.14. The van der Waals surface area contributed by atoms with Gasteiger partial charge in [0.05, 0.1) is 13.2 Å². The summed E-state index contributed by atoms with van der Waals surface area (Å²) in [6.07, 6.45) is 0. The molecule has 0 amide bonds. The molecule has 0 heterocycles. The van der Waals surface area contributed by atoms with E-state index in [-0.39, 0.29) is 11.9 Å². The fraction of sp³-hybridized carbons (Fsp3) is 0.294. The quantitative estimate of drug-likeness (QED) is 0.751. The predicted molar refractivity (Wildman–Crippen MR) is 92.4 cm³/mol. The number of hydrogen-bond donors (Lipinski definition) is 1. The Balaban J connectivity index is 2.51. The molecule has 0 aliphatic carbocycles. The van der Waals surface area contributed by atoms with E-state index in [4.69, 9.17) is 4.74 Å². The zero-order valence-corrected chi connectivity index (χ0v) is 14.6. The second-order valence-electron chi connectivity index (χ2n) is 4.86. The molecule has 112 valence electrons. The Kier molecular flexibility index (Phi) is 5.58. The van der Waals surface area contributed by atoms with Crippen molar-refractivity contribution in [2.75, 3.05) is 13.7 Å². The molecule has 4 heteroatoms. The first-order valence-electron chi connectivity index (χ1n) is 6.90. The zero-order valence-electron chi connectivity index (χ0n) is 12.4. The van der Waals surface area contributed by atoms with Crippen LogP contribution in [0.25, 0.3) is 0 Å². The lowest BCUT2D eigenvalue weighted by Gasteiger charge is -2.22. The first-order chi connectivity index (χ1) is 10.1. The molecular weight excluding hydrogens is 380 g/mol. The molecule has 1 atom stereocenters. The molecule has 0 aliphatic rings. The molecule has 1 unspecified atom stereocenters. The van der Waals surface area contributed by atoms with Gasteiger partial charge in [-0.05, 0) is 53.3 Å². The average Bonchev–Trinajstić information content (AvgIpc) is 2.48. The highest BCUT2D eigenvalue weighted by Gasteiger charge is 2.20. The number of aryl methyl sites for hydroxylation is 1. The second kappa shape index (κ2) is 7.22. The lowest BCUT2D eigenvalue weighted by atomic mass is 9.96. The highest BCUT2D eigenvalue weighted by Crippen LogP contribution is 2.31. The maximum Gasteiger partial charge on any atom is 0.132 e. The van der Waals surface area contributed by atoms with Gasteiger partial charge in [0.1, 0.15) is 11.6 Å². The highest BCUT2D eigenvalue weighted by atomic mass is 127. The minimum atomic E-state index is -0.252. The standard InChI is InChI=1S/C17H19FINO/c1-4-20-17(14-7-5-6-11(2)16(14)19)13-9-8-12(21-3)10-15(13)18/h5-10,17,20H,4H2,1-3H3. The Morgan fingerprint density at radius 3 is 2.62 bits per heavy atom. The summed E-state index contributed by atoms with van der Waals surface area (Å²) in [5.41, 5.74) is 2.94. The first kappa shape index (κ1) is 16.2. The van der Waals surface area contributed by atoms with Gasteiger partial charge in [-0.15, -0.1) is 0 Å². The Bertz CT molecular complexity index is 630. The predicted octanol–water partition coefficient (Wildman–Crippen LogP) is 4.45. The third kappa shape index (κ3) is 3.55. The summed E-state index contributed by atoms with van der Waals surface area (Å²) in [5, 5.41) is 3.38. The fourth-order valence-corrected chi connectivity index (χ4v) is 3.02. The average molecular weight is 399 g/mol. The van der Waals surface area contributed by atoms with Crippen LogP contribution in [-0.2, 0) is 0 Å². The van der Waals surface area contributed by atoms with Crippen LogP contribution in [0.15, 0.2) is 36.4 Å². The van der Waals surface area contributed by atoms with Crippen molar-refractivity contribution in [1.82, 2.24) is 5.32 Å². The minimum absolute atomic E-state index is 0.160. The summed E-state index contributed by atoms with van der Waals surface area (Å²) in [6, 6.07) is 11.0. The van der Waals surface area contributed by atoms with Crippen LogP contribution >= 0.6 is 22.6 Å². The monoisotopic (exact) mass is 399 g/mol. The third-order valence-corrected chi connectivity index (χ3v) is 4.93. The van der Waals surface area contributed by atoms with Crippen molar-refractivity contribution in [2.24, 2.45) is 0 Å². The van der Waals surface area contributed by atoms with Crippen LogP contribution in [-0.4, -0.2) is 13.7 Å². The maximum atomic E-state index is 14.4. The van der Waals surface area contributed by atoms with Crippen molar-refractivity contribution in [3.63, 3.8) is 0 Å². The lowest BCUT2D eigenvalue weighted by molar-refractivity contribution is 0.410.